The number of hydrogen-bond donors (Lipinski definition) is 1. The lowest BCUT2D eigenvalue weighted by molar-refractivity contribution is 0.167. The van der Waals surface area contributed by atoms with Crippen molar-refractivity contribution in [1.82, 2.24) is 4.98 Å². The van der Waals surface area contributed by atoms with Gasteiger partial charge in [0.2, 0.25) is 0 Å². The molecule has 0 saturated heterocycles. The van der Waals surface area contributed by atoms with Gasteiger partial charge in [0.25, 0.3) is 0 Å². The Hall–Kier alpha value is -1.26. The summed E-state index contributed by atoms with van der Waals surface area (Å²) >= 11 is 1.58. The van der Waals surface area contributed by atoms with Gasteiger partial charge in [-0.2, -0.15) is 0 Å². The molecule has 2 nitrogen and oxygen atoms in total. The van der Waals surface area contributed by atoms with Crippen LogP contribution in [0.25, 0.3) is 0 Å². The van der Waals surface area contributed by atoms with Gasteiger partial charge in [-0.05, 0) is 30.5 Å². The molecular formula is C13H14FNOS. The summed E-state index contributed by atoms with van der Waals surface area (Å²) in [7, 11) is 0. The predicted molar refractivity (Wildman–Crippen MR) is 66.5 cm³/mol. The summed E-state index contributed by atoms with van der Waals surface area (Å²) in [6, 6.07) is 4.73. The first-order valence-corrected chi connectivity index (χ1v) is 6.37. The third-order valence-corrected chi connectivity index (χ3v) is 3.52. The van der Waals surface area contributed by atoms with Gasteiger partial charge < -0.3 is 5.11 Å². The van der Waals surface area contributed by atoms with Crippen LogP contribution in [0.1, 0.15) is 28.7 Å². The van der Waals surface area contributed by atoms with E-state index in [4.69, 9.17) is 0 Å². The molecule has 0 radical (unpaired) electrons. The van der Waals surface area contributed by atoms with Crippen molar-refractivity contribution in [3.8, 4) is 0 Å². The van der Waals surface area contributed by atoms with Crippen LogP contribution in [0.15, 0.2) is 29.8 Å². The zero-order valence-corrected chi connectivity index (χ0v) is 10.4. The highest BCUT2D eigenvalue weighted by Crippen LogP contribution is 2.21. The molecule has 0 fully saturated rings. The number of nitrogens with zero attached hydrogens (tertiary/aromatic N) is 1. The molecule has 1 aromatic carbocycles. The van der Waals surface area contributed by atoms with Crippen molar-refractivity contribution in [2.24, 2.45) is 0 Å². The second-order valence-electron chi connectivity index (χ2n) is 3.99. The van der Waals surface area contributed by atoms with Gasteiger partial charge in [-0.1, -0.05) is 12.1 Å². The number of halogens is 1. The average Bonchev–Trinajstić information content (AvgIpc) is 2.82. The van der Waals surface area contributed by atoms with E-state index in [1.165, 1.54) is 6.07 Å². The summed E-state index contributed by atoms with van der Waals surface area (Å²) in [5.41, 5.74) is 1.33. The summed E-state index contributed by atoms with van der Waals surface area (Å²) in [6.07, 6.45) is 2.56. The largest absolute Gasteiger partial charge is 0.388 e. The number of benzene rings is 1. The van der Waals surface area contributed by atoms with E-state index < -0.39 is 6.10 Å². The summed E-state index contributed by atoms with van der Waals surface area (Å²) in [6.45, 7) is 1.70. The van der Waals surface area contributed by atoms with E-state index in [1.807, 2.05) is 5.38 Å². The fourth-order valence-corrected chi connectivity index (χ4v) is 2.31. The molecule has 0 bridgehead atoms. The van der Waals surface area contributed by atoms with Crippen LogP contribution in [-0.4, -0.2) is 10.1 Å². The lowest BCUT2D eigenvalue weighted by Crippen LogP contribution is -2.00. The van der Waals surface area contributed by atoms with Crippen LogP contribution in [0.2, 0.25) is 0 Å². The second kappa shape index (κ2) is 5.38. The summed E-state index contributed by atoms with van der Waals surface area (Å²) < 4.78 is 13.1. The van der Waals surface area contributed by atoms with Crippen molar-refractivity contribution in [3.05, 3.63) is 51.7 Å². The number of aliphatic hydroxyl groups is 1. The fourth-order valence-electron chi connectivity index (χ4n) is 1.68. The minimum absolute atomic E-state index is 0.235. The van der Waals surface area contributed by atoms with Crippen molar-refractivity contribution in [3.63, 3.8) is 0 Å². The molecule has 1 N–H and O–H groups in total. The molecule has 90 valence electrons. The maximum absolute atomic E-state index is 13.1. The van der Waals surface area contributed by atoms with Gasteiger partial charge in [0.1, 0.15) is 5.82 Å². The first-order chi connectivity index (χ1) is 8.16. The first kappa shape index (κ1) is 12.2. The van der Waals surface area contributed by atoms with Gasteiger partial charge in [-0.15, -0.1) is 11.3 Å². The third-order valence-electron chi connectivity index (χ3n) is 2.68. The Morgan fingerprint density at radius 1 is 1.47 bits per heavy atom. The normalized spacial score (nSPS) is 12.6. The van der Waals surface area contributed by atoms with Crippen molar-refractivity contribution in [2.45, 2.75) is 25.9 Å². The molecule has 0 spiro atoms. The van der Waals surface area contributed by atoms with Crippen molar-refractivity contribution < 1.29 is 9.50 Å². The number of aromatic nitrogens is 1. The fraction of sp³-hybridized carbons (Fsp3) is 0.308. The molecule has 1 atom stereocenters. The second-order valence-corrected chi connectivity index (χ2v) is 4.97. The van der Waals surface area contributed by atoms with Gasteiger partial charge in [0, 0.05) is 18.0 Å². The van der Waals surface area contributed by atoms with Gasteiger partial charge in [-0.25, -0.2) is 9.37 Å². The number of hydrogen-bond acceptors (Lipinski definition) is 3. The zero-order chi connectivity index (χ0) is 12.3. The highest BCUT2D eigenvalue weighted by atomic mass is 32.1. The van der Waals surface area contributed by atoms with E-state index in [9.17, 15) is 9.50 Å². The van der Waals surface area contributed by atoms with Gasteiger partial charge >= 0.3 is 0 Å². The van der Waals surface area contributed by atoms with Crippen LogP contribution in [0.4, 0.5) is 4.39 Å². The van der Waals surface area contributed by atoms with Crippen LogP contribution in [-0.2, 0) is 6.42 Å². The van der Waals surface area contributed by atoms with E-state index in [0.717, 1.165) is 17.0 Å². The molecule has 2 rings (SSSR count). The number of aliphatic hydroxyl groups excluding tert-OH is 1. The van der Waals surface area contributed by atoms with Gasteiger partial charge in [0.05, 0.1) is 11.1 Å². The first-order valence-electron chi connectivity index (χ1n) is 5.49. The summed E-state index contributed by atoms with van der Waals surface area (Å²) in [5.74, 6) is -0.235. The van der Waals surface area contributed by atoms with Crippen LogP contribution >= 0.6 is 11.3 Å². The average molecular weight is 251 g/mol. The number of rotatable bonds is 4. The Morgan fingerprint density at radius 2 is 2.29 bits per heavy atom. The number of thiazole rings is 1. The Bertz CT molecular complexity index is 484. The minimum atomic E-state index is -0.557. The molecule has 17 heavy (non-hydrogen) atoms. The molecule has 0 amide bonds. The monoisotopic (exact) mass is 251 g/mol. The molecule has 1 aromatic heterocycles. The topological polar surface area (TPSA) is 33.1 Å². The molecule has 1 heterocycles. The Balaban J connectivity index is 1.99. The quantitative estimate of drug-likeness (QED) is 0.904. The molecule has 0 aliphatic carbocycles. The lowest BCUT2D eigenvalue weighted by Gasteiger charge is -2.11. The van der Waals surface area contributed by atoms with E-state index in [-0.39, 0.29) is 5.82 Å². The maximum atomic E-state index is 13.1. The Morgan fingerprint density at radius 3 is 2.94 bits per heavy atom. The summed E-state index contributed by atoms with van der Waals surface area (Å²) in [5, 5.41) is 12.9. The molecule has 1 unspecified atom stereocenters. The SMILES string of the molecule is Cc1cc(C(O)CCc2nccs2)ccc1F. The van der Waals surface area contributed by atoms with E-state index >= 15 is 0 Å². The Labute approximate surface area is 104 Å². The van der Waals surface area contributed by atoms with E-state index in [2.05, 4.69) is 4.98 Å². The standard InChI is InChI=1S/C13H14FNOS/c1-9-8-10(2-3-11(9)14)12(16)4-5-13-15-6-7-17-13/h2-3,6-8,12,16H,4-5H2,1H3. The van der Waals surface area contributed by atoms with Crippen molar-refractivity contribution in [2.75, 3.05) is 0 Å². The van der Waals surface area contributed by atoms with E-state index in [1.54, 1.807) is 36.6 Å². The van der Waals surface area contributed by atoms with Crippen molar-refractivity contribution in [1.29, 1.82) is 0 Å². The minimum Gasteiger partial charge on any atom is -0.388 e. The summed E-state index contributed by atoms with van der Waals surface area (Å²) in [4.78, 5) is 4.16. The Kier molecular flexibility index (Phi) is 3.86. The van der Waals surface area contributed by atoms with Crippen LogP contribution in [0.5, 0.6) is 0 Å². The molecule has 0 aliphatic heterocycles. The lowest BCUT2D eigenvalue weighted by atomic mass is 10.0. The molecular weight excluding hydrogens is 237 g/mol. The maximum Gasteiger partial charge on any atom is 0.126 e. The smallest absolute Gasteiger partial charge is 0.126 e. The molecule has 0 aliphatic rings. The van der Waals surface area contributed by atoms with Crippen LogP contribution in [0, 0.1) is 12.7 Å². The van der Waals surface area contributed by atoms with Crippen molar-refractivity contribution >= 4 is 11.3 Å². The molecule has 2 aromatic rings. The van der Waals surface area contributed by atoms with Crippen LogP contribution < -0.4 is 0 Å². The molecule has 4 heteroatoms. The highest BCUT2D eigenvalue weighted by Gasteiger charge is 2.10. The van der Waals surface area contributed by atoms with E-state index in [0.29, 0.717) is 12.0 Å². The number of aryl methyl sites for hydroxylation is 2. The van der Waals surface area contributed by atoms with Gasteiger partial charge in [0.15, 0.2) is 0 Å². The predicted octanol–water partition coefficient (Wildman–Crippen LogP) is 3.26. The zero-order valence-electron chi connectivity index (χ0n) is 9.56. The highest BCUT2D eigenvalue weighted by molar-refractivity contribution is 7.09. The third kappa shape index (κ3) is 3.11. The van der Waals surface area contributed by atoms with Gasteiger partial charge in [-0.3, -0.25) is 0 Å². The van der Waals surface area contributed by atoms with Crippen LogP contribution in [0.3, 0.4) is 0 Å². The molecule has 0 saturated carbocycles.